The van der Waals surface area contributed by atoms with Gasteiger partial charge in [0.05, 0.1) is 22.9 Å². The number of hydrogen-bond acceptors (Lipinski definition) is 5. The first-order valence-electron chi connectivity index (χ1n) is 12.0. The number of fused-ring (bicyclic) bond motifs is 1. The lowest BCUT2D eigenvalue weighted by atomic mass is 10.00. The average Bonchev–Trinajstić information content (AvgIpc) is 3.44. The van der Waals surface area contributed by atoms with Crippen LogP contribution in [0.3, 0.4) is 0 Å². The van der Waals surface area contributed by atoms with Crippen molar-refractivity contribution in [3.8, 4) is 0 Å². The van der Waals surface area contributed by atoms with Gasteiger partial charge in [0.15, 0.2) is 0 Å². The van der Waals surface area contributed by atoms with Crippen LogP contribution in [0.5, 0.6) is 0 Å². The van der Waals surface area contributed by atoms with Crippen LogP contribution < -0.4 is 5.32 Å². The molecular weight excluding hydrogens is 458 g/mol. The summed E-state index contributed by atoms with van der Waals surface area (Å²) in [6, 6.07) is 15.1. The molecule has 4 amide bonds. The van der Waals surface area contributed by atoms with Gasteiger partial charge in [0.25, 0.3) is 17.7 Å². The van der Waals surface area contributed by atoms with Crippen LogP contribution in [-0.4, -0.2) is 68.4 Å². The number of likely N-dealkylation sites (tertiary alicyclic amines) is 1. The molecule has 9 nitrogen and oxygen atoms in total. The highest BCUT2D eigenvalue weighted by molar-refractivity contribution is 6.22. The Labute approximate surface area is 208 Å². The quantitative estimate of drug-likeness (QED) is 0.538. The molecule has 1 unspecified atom stereocenters. The molecule has 3 heterocycles. The maximum atomic E-state index is 13.8. The molecule has 0 bridgehead atoms. The van der Waals surface area contributed by atoms with Crippen LogP contribution in [0.4, 0.5) is 0 Å². The Morgan fingerprint density at radius 2 is 1.58 bits per heavy atom. The summed E-state index contributed by atoms with van der Waals surface area (Å²) in [5.41, 5.74) is 2.01. The third-order valence-corrected chi connectivity index (χ3v) is 6.80. The predicted molar refractivity (Wildman–Crippen MR) is 131 cm³/mol. The third kappa shape index (κ3) is 4.51. The van der Waals surface area contributed by atoms with E-state index >= 15 is 0 Å². The number of aromatic nitrogens is 2. The van der Waals surface area contributed by atoms with Crippen molar-refractivity contribution in [2.24, 2.45) is 7.05 Å². The van der Waals surface area contributed by atoms with E-state index in [9.17, 15) is 19.2 Å². The second-order valence-electron chi connectivity index (χ2n) is 9.21. The van der Waals surface area contributed by atoms with E-state index < -0.39 is 17.9 Å². The third-order valence-electron chi connectivity index (χ3n) is 6.80. The summed E-state index contributed by atoms with van der Waals surface area (Å²) in [5.74, 6) is -1.33. The molecule has 5 rings (SSSR count). The van der Waals surface area contributed by atoms with E-state index in [-0.39, 0.29) is 24.3 Å². The number of aryl methyl sites for hydroxylation is 1. The fraction of sp³-hybridized carbons (Fsp3) is 0.296. The van der Waals surface area contributed by atoms with Crippen molar-refractivity contribution < 1.29 is 19.2 Å². The Hall–Kier alpha value is -4.27. The maximum Gasteiger partial charge on any atom is 0.262 e. The minimum absolute atomic E-state index is 0.0753. The van der Waals surface area contributed by atoms with Gasteiger partial charge in [-0.05, 0) is 30.5 Å². The first-order valence-corrected chi connectivity index (χ1v) is 12.0. The number of piperidine rings is 1. The molecule has 184 valence electrons. The molecule has 1 saturated heterocycles. The Bertz CT molecular complexity index is 1280. The van der Waals surface area contributed by atoms with E-state index in [2.05, 4.69) is 10.4 Å². The molecular formula is C27H27N5O4. The minimum atomic E-state index is -0.943. The number of nitrogens with zero attached hydrogens (tertiary/aromatic N) is 4. The smallest absolute Gasteiger partial charge is 0.262 e. The van der Waals surface area contributed by atoms with Gasteiger partial charge in [0.2, 0.25) is 5.91 Å². The standard InChI is InChI=1S/C27H27N5O4/c1-30-17-19(16-28-30)24(33)29-20-11-13-31(14-12-20)27(36)23(15-18-7-3-2-4-8-18)32-25(34)21-9-5-6-10-22(21)26(32)35/h2-10,16-17,20,23H,11-15H2,1H3,(H,29,33). The van der Waals surface area contributed by atoms with E-state index in [1.165, 1.54) is 6.20 Å². The summed E-state index contributed by atoms with van der Waals surface area (Å²) in [6.07, 6.45) is 4.58. The van der Waals surface area contributed by atoms with Crippen molar-refractivity contribution in [1.82, 2.24) is 24.9 Å². The van der Waals surface area contributed by atoms with Crippen LogP contribution in [0.1, 0.15) is 49.5 Å². The Morgan fingerprint density at radius 1 is 0.972 bits per heavy atom. The van der Waals surface area contributed by atoms with E-state index in [0.29, 0.717) is 42.6 Å². The highest BCUT2D eigenvalue weighted by atomic mass is 16.2. The van der Waals surface area contributed by atoms with Gasteiger partial charge in [-0.15, -0.1) is 0 Å². The SMILES string of the molecule is Cn1cc(C(=O)NC2CCN(C(=O)C(Cc3ccccc3)N3C(=O)c4ccccc4C3=O)CC2)cn1. The van der Waals surface area contributed by atoms with Gasteiger partial charge in [-0.25, -0.2) is 0 Å². The van der Waals surface area contributed by atoms with Gasteiger partial charge in [0.1, 0.15) is 6.04 Å². The lowest BCUT2D eigenvalue weighted by molar-refractivity contribution is -0.136. The largest absolute Gasteiger partial charge is 0.349 e. The summed E-state index contributed by atoms with van der Waals surface area (Å²) in [6.45, 7) is 0.844. The summed E-state index contributed by atoms with van der Waals surface area (Å²) >= 11 is 0. The molecule has 1 fully saturated rings. The van der Waals surface area contributed by atoms with Crippen LogP contribution in [-0.2, 0) is 18.3 Å². The molecule has 9 heteroatoms. The number of benzene rings is 2. The average molecular weight is 486 g/mol. The lowest BCUT2D eigenvalue weighted by Crippen LogP contribution is -2.55. The van der Waals surface area contributed by atoms with Crippen molar-refractivity contribution in [1.29, 1.82) is 0 Å². The first-order chi connectivity index (χ1) is 17.4. The van der Waals surface area contributed by atoms with E-state index in [0.717, 1.165) is 10.5 Å². The van der Waals surface area contributed by atoms with Gasteiger partial charge in [-0.1, -0.05) is 42.5 Å². The lowest BCUT2D eigenvalue weighted by Gasteiger charge is -2.36. The van der Waals surface area contributed by atoms with Crippen LogP contribution in [0.15, 0.2) is 67.0 Å². The van der Waals surface area contributed by atoms with Crippen molar-refractivity contribution >= 4 is 23.6 Å². The number of imide groups is 1. The second-order valence-corrected chi connectivity index (χ2v) is 9.21. The number of carbonyl (C=O) groups excluding carboxylic acids is 4. The molecule has 0 radical (unpaired) electrons. The maximum absolute atomic E-state index is 13.8. The van der Waals surface area contributed by atoms with Crippen LogP contribution in [0, 0.1) is 0 Å². The van der Waals surface area contributed by atoms with Crippen molar-refractivity contribution in [2.45, 2.75) is 31.3 Å². The van der Waals surface area contributed by atoms with E-state index in [1.54, 1.807) is 47.1 Å². The topological polar surface area (TPSA) is 105 Å². The highest BCUT2D eigenvalue weighted by Gasteiger charge is 2.44. The van der Waals surface area contributed by atoms with E-state index in [4.69, 9.17) is 0 Å². The summed E-state index contributed by atoms with van der Waals surface area (Å²) in [4.78, 5) is 55.5. The number of nitrogens with one attached hydrogen (secondary N) is 1. The number of amides is 4. The Balaban J connectivity index is 1.31. The predicted octanol–water partition coefficient (Wildman–Crippen LogP) is 2.05. The number of hydrogen-bond donors (Lipinski definition) is 1. The highest BCUT2D eigenvalue weighted by Crippen LogP contribution is 2.27. The van der Waals surface area contributed by atoms with Gasteiger partial charge in [-0.2, -0.15) is 5.10 Å². The van der Waals surface area contributed by atoms with Gasteiger partial charge < -0.3 is 10.2 Å². The summed E-state index contributed by atoms with van der Waals surface area (Å²) in [5, 5.41) is 7.04. The molecule has 2 aromatic carbocycles. The van der Waals surface area contributed by atoms with Crippen molar-refractivity contribution in [3.05, 3.63) is 89.2 Å². The number of rotatable bonds is 6. The molecule has 1 aromatic heterocycles. The minimum Gasteiger partial charge on any atom is -0.349 e. The van der Waals surface area contributed by atoms with E-state index in [1.807, 2.05) is 30.3 Å². The normalized spacial score (nSPS) is 16.7. The molecule has 2 aliphatic rings. The van der Waals surface area contributed by atoms with Gasteiger partial charge in [0, 0.05) is 38.8 Å². The monoisotopic (exact) mass is 485 g/mol. The van der Waals surface area contributed by atoms with Gasteiger partial charge in [-0.3, -0.25) is 28.8 Å². The molecule has 1 N–H and O–H groups in total. The van der Waals surface area contributed by atoms with Gasteiger partial charge >= 0.3 is 0 Å². The zero-order chi connectivity index (χ0) is 25.2. The van der Waals surface area contributed by atoms with Crippen LogP contribution in [0.2, 0.25) is 0 Å². The van der Waals surface area contributed by atoms with Crippen molar-refractivity contribution in [2.75, 3.05) is 13.1 Å². The molecule has 1 atom stereocenters. The number of carbonyl (C=O) groups is 4. The fourth-order valence-electron chi connectivity index (χ4n) is 4.88. The Morgan fingerprint density at radius 3 is 2.17 bits per heavy atom. The van der Waals surface area contributed by atoms with Crippen LogP contribution in [0.25, 0.3) is 0 Å². The molecule has 0 spiro atoms. The zero-order valence-corrected chi connectivity index (χ0v) is 20.0. The zero-order valence-electron chi connectivity index (χ0n) is 20.0. The van der Waals surface area contributed by atoms with Crippen LogP contribution >= 0.6 is 0 Å². The molecule has 0 aliphatic carbocycles. The molecule has 2 aliphatic heterocycles. The molecule has 3 aromatic rings. The molecule has 36 heavy (non-hydrogen) atoms. The summed E-state index contributed by atoms with van der Waals surface area (Å²) < 4.78 is 1.57. The second kappa shape index (κ2) is 9.77. The fourth-order valence-corrected chi connectivity index (χ4v) is 4.88. The Kier molecular flexibility index (Phi) is 6.37. The van der Waals surface area contributed by atoms with Crippen molar-refractivity contribution in [3.63, 3.8) is 0 Å². The first kappa shape index (κ1) is 23.5. The molecule has 0 saturated carbocycles. The summed E-state index contributed by atoms with van der Waals surface area (Å²) in [7, 11) is 1.75.